The van der Waals surface area contributed by atoms with E-state index in [-0.39, 0.29) is 0 Å². The maximum Gasteiger partial charge on any atom is 0.142 e. The van der Waals surface area contributed by atoms with Crippen LogP contribution in [-0.2, 0) is 6.54 Å². The lowest BCUT2D eigenvalue weighted by atomic mass is 10.1. The van der Waals surface area contributed by atoms with E-state index in [9.17, 15) is 5.11 Å². The molecule has 0 atom stereocenters. The van der Waals surface area contributed by atoms with Crippen molar-refractivity contribution in [3.63, 3.8) is 0 Å². The second kappa shape index (κ2) is 7.38. The van der Waals surface area contributed by atoms with Gasteiger partial charge in [-0.1, -0.05) is 24.3 Å². The average Bonchev–Trinajstić information content (AvgIpc) is 2.59. The second-order valence-electron chi connectivity index (χ2n) is 5.83. The molecule has 1 aliphatic rings. The quantitative estimate of drug-likeness (QED) is 0.920. The summed E-state index contributed by atoms with van der Waals surface area (Å²) < 4.78 is 5.74. The predicted octanol–water partition coefficient (Wildman–Crippen LogP) is 3.11. The summed E-state index contributed by atoms with van der Waals surface area (Å²) in [5, 5.41) is 9.36. The number of rotatable bonds is 5. The number of ether oxygens (including phenoxy) is 1. The van der Waals surface area contributed by atoms with Crippen molar-refractivity contribution in [3.8, 4) is 11.5 Å². The Labute approximate surface area is 137 Å². The summed E-state index contributed by atoms with van der Waals surface area (Å²) in [7, 11) is 0. The Bertz CT molecular complexity index is 620. The van der Waals surface area contributed by atoms with Crippen molar-refractivity contribution in [2.45, 2.75) is 13.5 Å². The van der Waals surface area contributed by atoms with E-state index in [0.717, 1.165) is 38.5 Å². The van der Waals surface area contributed by atoms with E-state index >= 15 is 0 Å². The summed E-state index contributed by atoms with van der Waals surface area (Å²) in [6.45, 7) is 7.71. The molecule has 1 N–H and O–H groups in total. The fraction of sp³-hybridized carbons (Fsp3) is 0.368. The largest absolute Gasteiger partial charge is 0.508 e. The van der Waals surface area contributed by atoms with Crippen molar-refractivity contribution in [2.75, 3.05) is 37.7 Å². The van der Waals surface area contributed by atoms with Crippen LogP contribution in [0.5, 0.6) is 11.5 Å². The lowest BCUT2D eigenvalue weighted by Gasteiger charge is -2.36. The van der Waals surface area contributed by atoms with E-state index in [1.165, 1.54) is 11.3 Å². The third-order valence-electron chi connectivity index (χ3n) is 4.22. The van der Waals surface area contributed by atoms with Crippen LogP contribution in [-0.4, -0.2) is 42.8 Å². The molecule has 4 heteroatoms. The Morgan fingerprint density at radius 1 is 0.957 bits per heavy atom. The molecule has 23 heavy (non-hydrogen) atoms. The number of benzene rings is 2. The molecule has 0 spiro atoms. The number of hydrogen-bond acceptors (Lipinski definition) is 4. The first-order valence-corrected chi connectivity index (χ1v) is 8.23. The van der Waals surface area contributed by atoms with Crippen molar-refractivity contribution < 1.29 is 9.84 Å². The molecule has 3 rings (SSSR count). The molecule has 1 saturated heterocycles. The van der Waals surface area contributed by atoms with Crippen LogP contribution in [0, 0.1) is 0 Å². The maximum absolute atomic E-state index is 9.36. The number of anilines is 1. The zero-order valence-corrected chi connectivity index (χ0v) is 13.6. The Morgan fingerprint density at radius 3 is 2.35 bits per heavy atom. The van der Waals surface area contributed by atoms with Crippen molar-refractivity contribution in [3.05, 3.63) is 54.1 Å². The summed E-state index contributed by atoms with van der Waals surface area (Å²) in [5.41, 5.74) is 2.43. The summed E-state index contributed by atoms with van der Waals surface area (Å²) in [6.07, 6.45) is 0. The Kier molecular flexibility index (Phi) is 5.03. The monoisotopic (exact) mass is 312 g/mol. The van der Waals surface area contributed by atoms with E-state index in [1.807, 2.05) is 31.2 Å². The van der Waals surface area contributed by atoms with Crippen LogP contribution in [0.2, 0.25) is 0 Å². The van der Waals surface area contributed by atoms with Crippen LogP contribution in [0.4, 0.5) is 5.69 Å². The van der Waals surface area contributed by atoms with Gasteiger partial charge in [-0.05, 0) is 36.8 Å². The van der Waals surface area contributed by atoms with Gasteiger partial charge in [-0.2, -0.15) is 0 Å². The maximum atomic E-state index is 9.36. The first-order valence-electron chi connectivity index (χ1n) is 8.23. The van der Waals surface area contributed by atoms with E-state index < -0.39 is 0 Å². The Hall–Kier alpha value is -2.20. The smallest absolute Gasteiger partial charge is 0.142 e. The number of para-hydroxylation sites is 2. The highest BCUT2D eigenvalue weighted by molar-refractivity contribution is 5.58. The molecule has 1 heterocycles. The number of aromatic hydroxyl groups is 1. The van der Waals surface area contributed by atoms with E-state index in [4.69, 9.17) is 4.74 Å². The van der Waals surface area contributed by atoms with Gasteiger partial charge in [0.25, 0.3) is 0 Å². The van der Waals surface area contributed by atoms with Crippen LogP contribution >= 0.6 is 0 Å². The highest BCUT2D eigenvalue weighted by Gasteiger charge is 2.19. The third-order valence-corrected chi connectivity index (χ3v) is 4.22. The molecule has 0 aliphatic carbocycles. The molecule has 0 unspecified atom stereocenters. The van der Waals surface area contributed by atoms with E-state index in [2.05, 4.69) is 21.9 Å². The average molecular weight is 312 g/mol. The molecule has 122 valence electrons. The highest BCUT2D eigenvalue weighted by atomic mass is 16.5. The van der Waals surface area contributed by atoms with Gasteiger partial charge >= 0.3 is 0 Å². The first-order chi connectivity index (χ1) is 11.3. The molecule has 2 aromatic rings. The molecule has 0 saturated carbocycles. The Balaban J connectivity index is 1.59. The van der Waals surface area contributed by atoms with E-state index in [0.29, 0.717) is 12.4 Å². The molecule has 2 aromatic carbocycles. The standard InChI is InChI=1S/C19H24N2O2/c1-2-23-19-6-4-3-5-18(19)21-13-11-20(12-14-21)15-16-7-9-17(22)10-8-16/h3-10,22H,2,11-15H2,1H3. The minimum atomic E-state index is 0.325. The van der Waals surface area contributed by atoms with Crippen LogP contribution in [0.25, 0.3) is 0 Å². The fourth-order valence-electron chi connectivity index (χ4n) is 3.00. The van der Waals surface area contributed by atoms with Crippen LogP contribution in [0.3, 0.4) is 0 Å². The van der Waals surface area contributed by atoms with Gasteiger partial charge in [0.15, 0.2) is 0 Å². The number of piperazine rings is 1. The van der Waals surface area contributed by atoms with Crippen molar-refractivity contribution in [1.29, 1.82) is 0 Å². The summed E-state index contributed by atoms with van der Waals surface area (Å²) >= 11 is 0. The number of phenols is 1. The van der Waals surface area contributed by atoms with Crippen molar-refractivity contribution in [1.82, 2.24) is 4.90 Å². The second-order valence-corrected chi connectivity index (χ2v) is 5.83. The number of hydrogen-bond donors (Lipinski definition) is 1. The topological polar surface area (TPSA) is 35.9 Å². The minimum Gasteiger partial charge on any atom is -0.508 e. The van der Waals surface area contributed by atoms with Crippen LogP contribution < -0.4 is 9.64 Å². The van der Waals surface area contributed by atoms with E-state index in [1.54, 1.807) is 12.1 Å². The predicted molar refractivity (Wildman–Crippen MR) is 93.2 cm³/mol. The van der Waals surface area contributed by atoms with Crippen LogP contribution in [0.1, 0.15) is 12.5 Å². The SMILES string of the molecule is CCOc1ccccc1N1CCN(Cc2ccc(O)cc2)CC1. The fourth-order valence-corrected chi connectivity index (χ4v) is 3.00. The molecular formula is C19H24N2O2. The molecule has 0 radical (unpaired) electrons. The number of phenolic OH excluding ortho intramolecular Hbond substituents is 1. The molecule has 0 amide bonds. The third kappa shape index (κ3) is 3.96. The van der Waals surface area contributed by atoms with Gasteiger partial charge < -0.3 is 14.7 Å². The zero-order valence-electron chi connectivity index (χ0n) is 13.6. The zero-order chi connectivity index (χ0) is 16.1. The van der Waals surface area contributed by atoms with Gasteiger partial charge in [-0.15, -0.1) is 0 Å². The normalized spacial score (nSPS) is 15.6. The molecule has 0 bridgehead atoms. The van der Waals surface area contributed by atoms with Gasteiger partial charge in [0.05, 0.1) is 12.3 Å². The summed E-state index contributed by atoms with van der Waals surface area (Å²) in [6, 6.07) is 15.8. The van der Waals surface area contributed by atoms with Gasteiger partial charge in [0, 0.05) is 32.7 Å². The van der Waals surface area contributed by atoms with Gasteiger partial charge in [-0.3, -0.25) is 4.90 Å². The summed E-state index contributed by atoms with van der Waals surface area (Å²) in [5.74, 6) is 1.30. The van der Waals surface area contributed by atoms with Crippen molar-refractivity contribution in [2.24, 2.45) is 0 Å². The van der Waals surface area contributed by atoms with Gasteiger partial charge in [0.2, 0.25) is 0 Å². The summed E-state index contributed by atoms with van der Waals surface area (Å²) in [4.78, 5) is 4.85. The minimum absolute atomic E-state index is 0.325. The number of nitrogens with zero attached hydrogens (tertiary/aromatic N) is 2. The van der Waals surface area contributed by atoms with Crippen LogP contribution in [0.15, 0.2) is 48.5 Å². The lowest BCUT2D eigenvalue weighted by Crippen LogP contribution is -2.46. The molecule has 1 aliphatic heterocycles. The van der Waals surface area contributed by atoms with Gasteiger partial charge in [-0.25, -0.2) is 0 Å². The first kappa shape index (κ1) is 15.7. The van der Waals surface area contributed by atoms with Gasteiger partial charge in [0.1, 0.15) is 11.5 Å². The Morgan fingerprint density at radius 2 is 1.65 bits per heavy atom. The van der Waals surface area contributed by atoms with Crippen molar-refractivity contribution >= 4 is 5.69 Å². The molecule has 4 nitrogen and oxygen atoms in total. The lowest BCUT2D eigenvalue weighted by molar-refractivity contribution is 0.248. The molecule has 0 aromatic heterocycles. The highest BCUT2D eigenvalue weighted by Crippen LogP contribution is 2.29. The molecular weight excluding hydrogens is 288 g/mol. The molecule has 1 fully saturated rings.